The Bertz CT molecular complexity index is 398. The molecule has 18 heavy (non-hydrogen) atoms. The van der Waals surface area contributed by atoms with E-state index in [-0.39, 0.29) is 30.9 Å². The summed E-state index contributed by atoms with van der Waals surface area (Å²) in [5.41, 5.74) is 2.55. The Hall–Kier alpha value is -1.00. The fourth-order valence-electron chi connectivity index (χ4n) is 1.97. The van der Waals surface area contributed by atoms with Gasteiger partial charge < -0.3 is 5.32 Å². The van der Waals surface area contributed by atoms with E-state index in [0.29, 0.717) is 0 Å². The van der Waals surface area contributed by atoms with Gasteiger partial charge in [-0.1, -0.05) is 85.6 Å². The normalized spacial score (nSPS) is 13.4. The summed E-state index contributed by atoms with van der Waals surface area (Å²) in [5, 5.41) is 4.82. The van der Waals surface area contributed by atoms with E-state index in [0.717, 1.165) is 0 Å². The Morgan fingerprint density at radius 1 is 0.667 bits per heavy atom. The smallest absolute Gasteiger partial charge is 0.650 e. The van der Waals surface area contributed by atoms with Gasteiger partial charge in [0.25, 0.3) is 0 Å². The molecule has 0 aromatic heterocycles. The van der Waals surface area contributed by atoms with Crippen LogP contribution < -0.4 is 18.9 Å². The molecule has 2 aromatic rings. The van der Waals surface area contributed by atoms with Gasteiger partial charge in [0.2, 0.25) is 0 Å². The monoisotopic (exact) mass is 231 g/mol. The van der Waals surface area contributed by atoms with E-state index in [2.05, 4.69) is 62.4 Å². The molecule has 0 aliphatic carbocycles. The zero-order valence-corrected chi connectivity index (χ0v) is 11.4. The molecule has 2 aromatic carbocycles. The minimum atomic E-state index is 0. The second-order valence-electron chi connectivity index (χ2n) is 4.32. The van der Waals surface area contributed by atoms with E-state index < -0.39 is 0 Å². The molecule has 0 unspecified atom stereocenters. The molecule has 0 bridgehead atoms. The first kappa shape index (κ1) is 15.1. The van der Waals surface area contributed by atoms with Crippen molar-refractivity contribution in [3.8, 4) is 0 Å². The number of benzene rings is 2. The third-order valence-electron chi connectivity index (χ3n) is 3.01. The summed E-state index contributed by atoms with van der Waals surface area (Å²) in [5.74, 6) is 0. The van der Waals surface area contributed by atoms with E-state index in [1.165, 1.54) is 11.1 Å². The van der Waals surface area contributed by atoms with Crippen molar-refractivity contribution in [2.75, 3.05) is 0 Å². The maximum Gasteiger partial charge on any atom is 1.00 e. The first-order chi connectivity index (χ1) is 8.27. The summed E-state index contributed by atoms with van der Waals surface area (Å²) >= 11 is 0. The van der Waals surface area contributed by atoms with Gasteiger partial charge in [0.1, 0.15) is 0 Å². The van der Waals surface area contributed by atoms with Crippen molar-refractivity contribution < 1.29 is 18.9 Å². The average molecular weight is 231 g/mol. The predicted octanol–water partition coefficient (Wildman–Crippen LogP) is 1.89. The average Bonchev–Trinajstić information content (AvgIpc) is 2.40. The standard InChI is InChI=1S/C16H18N.Li/c1-13(15-9-5-3-6-10-15)17-14(2)16-11-7-4-8-12-16;/h3-14H,1-2H3;/q-1;+1/t13-,14+;. The van der Waals surface area contributed by atoms with Crippen LogP contribution in [-0.4, -0.2) is 0 Å². The van der Waals surface area contributed by atoms with Crippen LogP contribution in [0.5, 0.6) is 0 Å². The largest absolute Gasteiger partial charge is 1.00 e. The number of rotatable bonds is 4. The minimum absolute atomic E-state index is 0. The molecule has 0 amide bonds. The zero-order valence-electron chi connectivity index (χ0n) is 11.4. The van der Waals surface area contributed by atoms with E-state index >= 15 is 0 Å². The molecule has 0 radical (unpaired) electrons. The minimum Gasteiger partial charge on any atom is -0.650 e. The van der Waals surface area contributed by atoms with Crippen LogP contribution in [0, 0.1) is 0 Å². The molecule has 0 aliphatic heterocycles. The van der Waals surface area contributed by atoms with Crippen molar-refractivity contribution in [3.05, 3.63) is 77.1 Å². The van der Waals surface area contributed by atoms with Gasteiger partial charge >= 0.3 is 18.9 Å². The van der Waals surface area contributed by atoms with Gasteiger partial charge in [0.05, 0.1) is 0 Å². The fourth-order valence-corrected chi connectivity index (χ4v) is 1.97. The second kappa shape index (κ2) is 7.44. The van der Waals surface area contributed by atoms with E-state index in [1.807, 2.05) is 12.1 Å². The summed E-state index contributed by atoms with van der Waals surface area (Å²) < 4.78 is 0. The molecule has 2 heteroatoms. The molecule has 0 fully saturated rings. The molecule has 2 atom stereocenters. The molecule has 1 nitrogen and oxygen atoms in total. The predicted molar refractivity (Wildman–Crippen MR) is 73.1 cm³/mol. The van der Waals surface area contributed by atoms with Gasteiger partial charge in [0.15, 0.2) is 0 Å². The summed E-state index contributed by atoms with van der Waals surface area (Å²) in [6, 6.07) is 21.3. The number of hydrogen-bond acceptors (Lipinski definition) is 0. The zero-order chi connectivity index (χ0) is 12.1. The molecule has 2 rings (SSSR count). The van der Waals surface area contributed by atoms with Crippen LogP contribution in [0.3, 0.4) is 0 Å². The van der Waals surface area contributed by atoms with Crippen LogP contribution in [0.25, 0.3) is 5.32 Å². The van der Waals surface area contributed by atoms with Crippen LogP contribution >= 0.6 is 0 Å². The van der Waals surface area contributed by atoms with Crippen LogP contribution in [-0.2, 0) is 0 Å². The van der Waals surface area contributed by atoms with Gasteiger partial charge in [-0.25, -0.2) is 0 Å². The quantitative estimate of drug-likeness (QED) is 0.713. The van der Waals surface area contributed by atoms with Crippen molar-refractivity contribution in [2.45, 2.75) is 25.9 Å². The molecule has 0 saturated carbocycles. The van der Waals surface area contributed by atoms with Crippen molar-refractivity contribution >= 4 is 0 Å². The Balaban J connectivity index is 0.00000162. The van der Waals surface area contributed by atoms with Crippen LogP contribution in [0.2, 0.25) is 0 Å². The summed E-state index contributed by atoms with van der Waals surface area (Å²) in [6.07, 6.45) is 0. The SMILES string of the molecule is C[C@H]([N-][C@H](C)c1ccccc1)c1ccccc1.[Li+]. The van der Waals surface area contributed by atoms with E-state index in [4.69, 9.17) is 5.32 Å². The van der Waals surface area contributed by atoms with Gasteiger partial charge in [-0.05, 0) is 0 Å². The van der Waals surface area contributed by atoms with E-state index in [1.54, 1.807) is 0 Å². The molecule has 0 saturated heterocycles. The summed E-state index contributed by atoms with van der Waals surface area (Å²) in [4.78, 5) is 0. The third-order valence-corrected chi connectivity index (χ3v) is 3.01. The fraction of sp³-hybridized carbons (Fsp3) is 0.250. The van der Waals surface area contributed by atoms with E-state index in [9.17, 15) is 0 Å². The van der Waals surface area contributed by atoms with Gasteiger partial charge in [-0.15, -0.1) is 12.1 Å². The first-order valence-corrected chi connectivity index (χ1v) is 6.07. The second-order valence-corrected chi connectivity index (χ2v) is 4.32. The maximum atomic E-state index is 4.82. The number of nitrogens with zero attached hydrogens (tertiary/aromatic N) is 1. The molecule has 88 valence electrons. The molecule has 0 N–H and O–H groups in total. The first-order valence-electron chi connectivity index (χ1n) is 6.07. The van der Waals surface area contributed by atoms with Crippen LogP contribution in [0.1, 0.15) is 37.1 Å². The van der Waals surface area contributed by atoms with Gasteiger partial charge in [-0.3, -0.25) is 0 Å². The molecule has 0 spiro atoms. The number of hydrogen-bond donors (Lipinski definition) is 0. The topological polar surface area (TPSA) is 14.1 Å². The summed E-state index contributed by atoms with van der Waals surface area (Å²) in [7, 11) is 0. The maximum absolute atomic E-state index is 4.82. The Labute approximate surface area is 122 Å². The molecule has 0 aliphatic rings. The third kappa shape index (κ3) is 4.03. The van der Waals surface area contributed by atoms with Crippen molar-refractivity contribution in [1.29, 1.82) is 0 Å². The molecular weight excluding hydrogens is 213 g/mol. The van der Waals surface area contributed by atoms with Gasteiger partial charge in [-0.2, -0.15) is 0 Å². The Kier molecular flexibility index (Phi) is 6.22. The summed E-state index contributed by atoms with van der Waals surface area (Å²) in [6.45, 7) is 4.30. The van der Waals surface area contributed by atoms with Crippen LogP contribution in [0.4, 0.5) is 0 Å². The Morgan fingerprint density at radius 2 is 1.00 bits per heavy atom. The van der Waals surface area contributed by atoms with Crippen molar-refractivity contribution in [2.24, 2.45) is 0 Å². The molecule has 0 heterocycles. The van der Waals surface area contributed by atoms with Crippen molar-refractivity contribution in [3.63, 3.8) is 0 Å². The van der Waals surface area contributed by atoms with Gasteiger partial charge in [0, 0.05) is 0 Å². The van der Waals surface area contributed by atoms with Crippen molar-refractivity contribution in [1.82, 2.24) is 0 Å². The van der Waals surface area contributed by atoms with Crippen LogP contribution in [0.15, 0.2) is 60.7 Å². The molecular formula is C16H18LiN. The Morgan fingerprint density at radius 3 is 1.33 bits per heavy atom.